The van der Waals surface area contributed by atoms with Gasteiger partial charge >= 0.3 is 0 Å². The molecule has 0 aliphatic rings. The quantitative estimate of drug-likeness (QED) is 0.670. The van der Waals surface area contributed by atoms with Crippen LogP contribution in [-0.2, 0) is 0 Å². The Morgan fingerprint density at radius 3 is 1.33 bits per heavy atom. The van der Waals surface area contributed by atoms with Crippen molar-refractivity contribution in [3.63, 3.8) is 0 Å². The van der Waals surface area contributed by atoms with Gasteiger partial charge in [-0.25, -0.2) is 0 Å². The van der Waals surface area contributed by atoms with Crippen molar-refractivity contribution >= 4 is 0 Å². The Bertz CT molecular complexity index is 142. The highest BCUT2D eigenvalue weighted by molar-refractivity contribution is 4.89. The van der Waals surface area contributed by atoms with Gasteiger partial charge in [0.25, 0.3) is 0 Å². The molecule has 2 atom stereocenters. The molecule has 0 aromatic carbocycles. The molecule has 2 N–H and O–H groups in total. The topological polar surface area (TPSA) is 40.5 Å². The fraction of sp³-hybridized carbons (Fsp3) is 1.00. The summed E-state index contributed by atoms with van der Waals surface area (Å²) >= 11 is 0. The lowest BCUT2D eigenvalue weighted by atomic mass is 9.70. The molecule has 0 aliphatic heterocycles. The highest BCUT2D eigenvalue weighted by atomic mass is 16.3. The van der Waals surface area contributed by atoms with Crippen molar-refractivity contribution in [2.45, 2.75) is 53.8 Å². The van der Waals surface area contributed by atoms with E-state index in [1.807, 2.05) is 34.6 Å². The van der Waals surface area contributed by atoms with E-state index in [-0.39, 0.29) is 5.41 Å². The van der Waals surface area contributed by atoms with Crippen LogP contribution in [0, 0.1) is 10.8 Å². The molecule has 0 heterocycles. The summed E-state index contributed by atoms with van der Waals surface area (Å²) in [6.07, 6.45) is -0.989. The summed E-state index contributed by atoms with van der Waals surface area (Å²) in [5.41, 5.74) is -0.626. The molecule has 0 rings (SSSR count). The van der Waals surface area contributed by atoms with Crippen molar-refractivity contribution in [3.05, 3.63) is 0 Å². The van der Waals surface area contributed by atoms with Crippen LogP contribution >= 0.6 is 0 Å². The monoisotopic (exact) mass is 174 g/mol. The van der Waals surface area contributed by atoms with Crippen molar-refractivity contribution in [3.8, 4) is 0 Å². The van der Waals surface area contributed by atoms with Gasteiger partial charge in [-0.05, 0) is 12.3 Å². The molecule has 2 heteroatoms. The zero-order valence-corrected chi connectivity index (χ0v) is 9.05. The summed E-state index contributed by atoms with van der Waals surface area (Å²) in [6.45, 7) is 11.4. The molecule has 74 valence electrons. The Kier molecular flexibility index (Phi) is 3.32. The molecular weight excluding hydrogens is 152 g/mol. The van der Waals surface area contributed by atoms with Gasteiger partial charge in [0.05, 0.1) is 12.2 Å². The summed E-state index contributed by atoms with van der Waals surface area (Å²) in [7, 11) is 0. The van der Waals surface area contributed by atoms with Crippen molar-refractivity contribution < 1.29 is 10.2 Å². The van der Waals surface area contributed by atoms with E-state index >= 15 is 0 Å². The number of hydrogen-bond donors (Lipinski definition) is 2. The molecule has 0 fully saturated rings. The molecule has 0 spiro atoms. The second-order valence-corrected chi connectivity index (χ2v) is 5.27. The molecule has 0 saturated heterocycles. The zero-order chi connectivity index (χ0) is 10.2. The van der Waals surface area contributed by atoms with E-state index in [0.29, 0.717) is 0 Å². The first kappa shape index (κ1) is 11.9. The number of hydrogen-bond acceptors (Lipinski definition) is 2. The first-order valence-corrected chi connectivity index (χ1v) is 4.46. The number of aliphatic hydroxyl groups is 2. The number of rotatable bonds is 2. The van der Waals surface area contributed by atoms with Crippen LogP contribution in [0.5, 0.6) is 0 Å². The van der Waals surface area contributed by atoms with E-state index in [9.17, 15) is 10.2 Å². The molecule has 0 aromatic rings. The van der Waals surface area contributed by atoms with Crippen LogP contribution in [0.3, 0.4) is 0 Å². The van der Waals surface area contributed by atoms with Gasteiger partial charge in [-0.3, -0.25) is 0 Å². The van der Waals surface area contributed by atoms with E-state index in [4.69, 9.17) is 0 Å². The van der Waals surface area contributed by atoms with Gasteiger partial charge in [0.1, 0.15) is 0 Å². The summed E-state index contributed by atoms with van der Waals surface area (Å²) < 4.78 is 0. The van der Waals surface area contributed by atoms with Gasteiger partial charge in [0.15, 0.2) is 0 Å². The molecule has 12 heavy (non-hydrogen) atoms. The largest absolute Gasteiger partial charge is 0.393 e. The summed E-state index contributed by atoms with van der Waals surface area (Å²) in [6, 6.07) is 0. The molecule has 0 bridgehead atoms. The third-order valence-electron chi connectivity index (χ3n) is 2.60. The van der Waals surface area contributed by atoms with E-state index in [2.05, 4.69) is 0 Å². The maximum atomic E-state index is 9.92. The molecule has 0 amide bonds. The molecule has 2 nitrogen and oxygen atoms in total. The lowest BCUT2D eigenvalue weighted by molar-refractivity contribution is -0.0888. The highest BCUT2D eigenvalue weighted by Gasteiger charge is 2.39. The standard InChI is InChI=1S/C10H22O2/c1-7(11)10(5,6)8(12)9(2,3)4/h7-8,11-12H,1-6H3/t7-,8-/m1/s1. The Morgan fingerprint density at radius 1 is 0.917 bits per heavy atom. The van der Waals surface area contributed by atoms with Gasteiger partial charge in [-0.1, -0.05) is 34.6 Å². The lowest BCUT2D eigenvalue weighted by Crippen LogP contribution is -2.46. The first-order valence-electron chi connectivity index (χ1n) is 4.46. The van der Waals surface area contributed by atoms with E-state index < -0.39 is 17.6 Å². The average Bonchev–Trinajstić information content (AvgIpc) is 1.83. The molecule has 0 unspecified atom stereocenters. The smallest absolute Gasteiger partial charge is 0.0663 e. The minimum absolute atomic E-state index is 0.180. The van der Waals surface area contributed by atoms with E-state index in [1.54, 1.807) is 6.92 Å². The van der Waals surface area contributed by atoms with Crippen LogP contribution in [0.4, 0.5) is 0 Å². The highest BCUT2D eigenvalue weighted by Crippen LogP contribution is 2.36. The minimum atomic E-state index is -0.495. The van der Waals surface area contributed by atoms with Crippen molar-refractivity contribution in [2.75, 3.05) is 0 Å². The second kappa shape index (κ2) is 3.35. The zero-order valence-electron chi connectivity index (χ0n) is 9.05. The Morgan fingerprint density at radius 2 is 1.25 bits per heavy atom. The fourth-order valence-corrected chi connectivity index (χ4v) is 1.34. The molecule has 0 radical (unpaired) electrons. The maximum absolute atomic E-state index is 9.92. The van der Waals surface area contributed by atoms with Gasteiger partial charge in [0.2, 0.25) is 0 Å². The first-order chi connectivity index (χ1) is 5.10. The second-order valence-electron chi connectivity index (χ2n) is 5.27. The Balaban J connectivity index is 4.57. The van der Waals surface area contributed by atoms with Crippen LogP contribution in [0.25, 0.3) is 0 Å². The van der Waals surface area contributed by atoms with Gasteiger partial charge in [-0.2, -0.15) is 0 Å². The fourth-order valence-electron chi connectivity index (χ4n) is 1.34. The molecule has 0 aliphatic carbocycles. The predicted molar refractivity (Wildman–Crippen MR) is 50.9 cm³/mol. The SMILES string of the molecule is C[C@@H](O)C(C)(C)[C@H](O)C(C)(C)C. The average molecular weight is 174 g/mol. The number of aliphatic hydroxyl groups excluding tert-OH is 2. The third-order valence-corrected chi connectivity index (χ3v) is 2.60. The molecular formula is C10H22O2. The predicted octanol–water partition coefficient (Wildman–Crippen LogP) is 1.80. The summed E-state index contributed by atoms with van der Waals surface area (Å²) in [4.78, 5) is 0. The van der Waals surface area contributed by atoms with Crippen LogP contribution in [-0.4, -0.2) is 22.4 Å². The van der Waals surface area contributed by atoms with Gasteiger partial charge in [-0.15, -0.1) is 0 Å². The van der Waals surface area contributed by atoms with E-state index in [1.165, 1.54) is 0 Å². The summed E-state index contributed by atoms with van der Waals surface area (Å²) in [5.74, 6) is 0. The van der Waals surface area contributed by atoms with Crippen molar-refractivity contribution in [1.29, 1.82) is 0 Å². The van der Waals surface area contributed by atoms with Crippen LogP contribution in [0.1, 0.15) is 41.5 Å². The summed E-state index contributed by atoms with van der Waals surface area (Å²) in [5, 5.41) is 19.4. The van der Waals surface area contributed by atoms with Crippen LogP contribution in [0.2, 0.25) is 0 Å². The van der Waals surface area contributed by atoms with Crippen molar-refractivity contribution in [2.24, 2.45) is 10.8 Å². The molecule has 0 saturated carbocycles. The lowest BCUT2D eigenvalue weighted by Gasteiger charge is -2.40. The van der Waals surface area contributed by atoms with E-state index in [0.717, 1.165) is 0 Å². The van der Waals surface area contributed by atoms with Gasteiger partial charge < -0.3 is 10.2 Å². The minimum Gasteiger partial charge on any atom is -0.393 e. The molecule has 0 aromatic heterocycles. The van der Waals surface area contributed by atoms with Crippen molar-refractivity contribution in [1.82, 2.24) is 0 Å². The normalized spacial score (nSPS) is 19.0. The Labute approximate surface area is 75.6 Å². The van der Waals surface area contributed by atoms with Gasteiger partial charge in [0, 0.05) is 5.41 Å². The maximum Gasteiger partial charge on any atom is 0.0663 e. The van der Waals surface area contributed by atoms with Crippen LogP contribution < -0.4 is 0 Å². The third kappa shape index (κ3) is 2.46. The Hall–Kier alpha value is -0.0800. The van der Waals surface area contributed by atoms with Crippen LogP contribution in [0.15, 0.2) is 0 Å².